The molecule has 1 aromatic carbocycles. The Labute approximate surface area is 142 Å². The van der Waals surface area contributed by atoms with Gasteiger partial charge in [-0.2, -0.15) is 10.3 Å². The Kier molecular flexibility index (Phi) is 5.67. The third-order valence-corrected chi connectivity index (χ3v) is 4.56. The normalized spacial score (nSPS) is 11.4. The van der Waals surface area contributed by atoms with Crippen molar-refractivity contribution in [3.8, 4) is 11.3 Å². The molecule has 0 saturated carbocycles. The number of carbonyl (C=O) groups excluding carboxylic acids is 1. The second kappa shape index (κ2) is 7.55. The number of nitrogens with zero attached hydrogens (tertiary/aromatic N) is 2. The van der Waals surface area contributed by atoms with Crippen LogP contribution in [0.5, 0.6) is 0 Å². The van der Waals surface area contributed by atoms with Crippen molar-refractivity contribution < 1.29 is 26.7 Å². The largest absolute Gasteiger partial charge is 0.461 e. The highest BCUT2D eigenvalue weighted by Gasteiger charge is 2.26. The molecule has 2 N–H and O–H groups in total. The molecular weight excluding hydrogens is 358 g/mol. The van der Waals surface area contributed by atoms with E-state index in [1.807, 2.05) is 4.72 Å². The summed E-state index contributed by atoms with van der Waals surface area (Å²) in [6, 6.07) is 1.82. The summed E-state index contributed by atoms with van der Waals surface area (Å²) >= 11 is 0. The van der Waals surface area contributed by atoms with Crippen LogP contribution in [-0.4, -0.2) is 42.2 Å². The molecule has 0 amide bonds. The van der Waals surface area contributed by atoms with Gasteiger partial charge in [-0.05, 0) is 25.5 Å². The molecule has 0 spiro atoms. The van der Waals surface area contributed by atoms with Gasteiger partial charge in [-0.15, -0.1) is 5.10 Å². The number of H-pyrrole nitrogens is 1. The van der Waals surface area contributed by atoms with Crippen LogP contribution in [0.25, 0.3) is 11.3 Å². The minimum atomic E-state index is -3.79. The highest BCUT2D eigenvalue weighted by atomic mass is 32.2. The number of nitrogens with one attached hydrogen (secondary N) is 2. The second-order valence-electron chi connectivity index (χ2n) is 4.95. The van der Waals surface area contributed by atoms with Crippen molar-refractivity contribution in [2.45, 2.75) is 20.3 Å². The smallest absolute Gasteiger partial charge is 0.361 e. The number of rotatable bonds is 7. The molecule has 1 aromatic heterocycles. The van der Waals surface area contributed by atoms with Crippen LogP contribution in [0, 0.1) is 11.6 Å². The zero-order chi connectivity index (χ0) is 18.6. The quantitative estimate of drug-likeness (QED) is 0.717. The van der Waals surface area contributed by atoms with Gasteiger partial charge in [0.1, 0.15) is 11.5 Å². The molecule has 0 radical (unpaired) electrons. The van der Waals surface area contributed by atoms with Gasteiger partial charge in [0.05, 0.1) is 23.6 Å². The van der Waals surface area contributed by atoms with Crippen LogP contribution < -0.4 is 4.72 Å². The van der Waals surface area contributed by atoms with E-state index in [-0.39, 0.29) is 12.4 Å². The van der Waals surface area contributed by atoms with Crippen LogP contribution >= 0.6 is 0 Å². The van der Waals surface area contributed by atoms with Crippen molar-refractivity contribution in [3.05, 3.63) is 29.5 Å². The molecule has 0 aliphatic rings. The fourth-order valence-corrected chi connectivity index (χ4v) is 3.21. The molecule has 1 heterocycles. The van der Waals surface area contributed by atoms with Gasteiger partial charge < -0.3 is 4.74 Å². The van der Waals surface area contributed by atoms with Crippen LogP contribution in [0.3, 0.4) is 0 Å². The predicted octanol–water partition coefficient (Wildman–Crippen LogP) is 2.08. The lowest BCUT2D eigenvalue weighted by Gasteiger charge is -2.11. The average Bonchev–Trinajstić information content (AvgIpc) is 3.00. The number of halogens is 2. The van der Waals surface area contributed by atoms with Crippen LogP contribution in [0.4, 0.5) is 14.5 Å². The zero-order valence-corrected chi connectivity index (χ0v) is 14.3. The number of anilines is 1. The second-order valence-corrected chi connectivity index (χ2v) is 6.79. The first-order valence-electron chi connectivity index (χ1n) is 7.37. The van der Waals surface area contributed by atoms with E-state index < -0.39 is 50.3 Å². The Hall–Kier alpha value is -2.56. The van der Waals surface area contributed by atoms with Crippen molar-refractivity contribution in [3.63, 3.8) is 0 Å². The Morgan fingerprint density at radius 1 is 1.28 bits per heavy atom. The number of aromatic amines is 1. The molecule has 11 heteroatoms. The number of benzene rings is 1. The SMILES string of the molecule is CCCS(=O)(=O)Nc1ccc(F)c(-c2n[nH]nc2C(=O)OCC)c1F. The summed E-state index contributed by atoms with van der Waals surface area (Å²) in [4.78, 5) is 11.8. The van der Waals surface area contributed by atoms with Gasteiger partial charge in [0.25, 0.3) is 0 Å². The number of sulfonamides is 1. The molecule has 0 aliphatic carbocycles. The molecule has 0 fully saturated rings. The highest BCUT2D eigenvalue weighted by molar-refractivity contribution is 7.92. The summed E-state index contributed by atoms with van der Waals surface area (Å²) in [6.45, 7) is 3.24. The first kappa shape index (κ1) is 18.8. The Balaban J connectivity index is 2.52. The van der Waals surface area contributed by atoms with Crippen LogP contribution in [0.1, 0.15) is 30.8 Å². The minimum Gasteiger partial charge on any atom is -0.461 e. The molecule has 0 unspecified atom stereocenters. The number of hydrogen-bond donors (Lipinski definition) is 2. The first-order chi connectivity index (χ1) is 11.8. The van der Waals surface area contributed by atoms with Gasteiger partial charge in [0, 0.05) is 0 Å². The van der Waals surface area contributed by atoms with Gasteiger partial charge in [0.2, 0.25) is 10.0 Å². The van der Waals surface area contributed by atoms with Crippen LogP contribution in [-0.2, 0) is 14.8 Å². The van der Waals surface area contributed by atoms with E-state index >= 15 is 0 Å². The molecule has 25 heavy (non-hydrogen) atoms. The summed E-state index contributed by atoms with van der Waals surface area (Å²) < 4.78 is 59.3. The molecule has 0 atom stereocenters. The van der Waals surface area contributed by atoms with Gasteiger partial charge in [-0.3, -0.25) is 4.72 Å². The van der Waals surface area contributed by atoms with Crippen LogP contribution in [0.2, 0.25) is 0 Å². The maximum absolute atomic E-state index is 14.7. The lowest BCUT2D eigenvalue weighted by Crippen LogP contribution is -2.17. The first-order valence-corrected chi connectivity index (χ1v) is 9.02. The zero-order valence-electron chi connectivity index (χ0n) is 13.5. The van der Waals surface area contributed by atoms with Gasteiger partial charge in [0.15, 0.2) is 11.5 Å². The van der Waals surface area contributed by atoms with Crippen LogP contribution in [0.15, 0.2) is 12.1 Å². The maximum atomic E-state index is 14.7. The van der Waals surface area contributed by atoms with E-state index in [1.165, 1.54) is 0 Å². The Bertz CT molecular complexity index is 883. The summed E-state index contributed by atoms with van der Waals surface area (Å²) in [5.41, 5.74) is -1.96. The van der Waals surface area contributed by atoms with Gasteiger partial charge in [-0.25, -0.2) is 22.0 Å². The topological polar surface area (TPSA) is 114 Å². The molecule has 0 saturated heterocycles. The third-order valence-electron chi connectivity index (χ3n) is 3.08. The summed E-state index contributed by atoms with van der Waals surface area (Å²) in [7, 11) is -3.79. The van der Waals surface area contributed by atoms with Crippen molar-refractivity contribution in [2.24, 2.45) is 0 Å². The van der Waals surface area contributed by atoms with E-state index in [0.29, 0.717) is 6.42 Å². The lowest BCUT2D eigenvalue weighted by atomic mass is 10.1. The van der Waals surface area contributed by atoms with Gasteiger partial charge in [-0.1, -0.05) is 6.92 Å². The van der Waals surface area contributed by atoms with Crippen molar-refractivity contribution in [1.29, 1.82) is 0 Å². The van der Waals surface area contributed by atoms with Gasteiger partial charge >= 0.3 is 5.97 Å². The summed E-state index contributed by atoms with van der Waals surface area (Å²) in [6.07, 6.45) is 0.321. The molecule has 2 aromatic rings. The maximum Gasteiger partial charge on any atom is 0.361 e. The molecule has 136 valence electrons. The van der Waals surface area contributed by atoms with Crippen molar-refractivity contribution >= 4 is 21.7 Å². The Morgan fingerprint density at radius 2 is 2.00 bits per heavy atom. The van der Waals surface area contributed by atoms with E-state index in [2.05, 4.69) is 15.4 Å². The number of hydrogen-bond acceptors (Lipinski definition) is 6. The minimum absolute atomic E-state index is 0.0347. The molecule has 8 nitrogen and oxygen atoms in total. The number of aromatic nitrogens is 3. The predicted molar refractivity (Wildman–Crippen MR) is 85.4 cm³/mol. The lowest BCUT2D eigenvalue weighted by molar-refractivity contribution is 0.0520. The molecular formula is C14H16F2N4O4S. The average molecular weight is 374 g/mol. The highest BCUT2D eigenvalue weighted by Crippen LogP contribution is 2.31. The fourth-order valence-electron chi connectivity index (χ4n) is 2.08. The number of carbonyl (C=O) groups is 1. The Morgan fingerprint density at radius 3 is 2.64 bits per heavy atom. The standard InChI is InChI=1S/C14H16F2N4O4S/c1-3-7-25(22,23)19-9-6-5-8(15)10(11(9)16)12-13(18-20-17-12)14(21)24-4-2/h5-6,19H,3-4,7H2,1-2H3,(H,17,18,20). The molecule has 0 bridgehead atoms. The van der Waals surface area contributed by atoms with E-state index in [0.717, 1.165) is 12.1 Å². The summed E-state index contributed by atoms with van der Waals surface area (Å²) in [5.74, 6) is -3.38. The van der Waals surface area contributed by atoms with Crippen molar-refractivity contribution in [1.82, 2.24) is 15.4 Å². The van der Waals surface area contributed by atoms with E-state index in [1.54, 1.807) is 13.8 Å². The van der Waals surface area contributed by atoms with E-state index in [4.69, 9.17) is 4.74 Å². The number of ether oxygens (including phenoxy) is 1. The number of esters is 1. The monoisotopic (exact) mass is 374 g/mol. The third kappa shape index (κ3) is 4.10. The molecule has 0 aliphatic heterocycles. The van der Waals surface area contributed by atoms with Crippen molar-refractivity contribution in [2.75, 3.05) is 17.1 Å². The molecule has 2 rings (SSSR count). The summed E-state index contributed by atoms with van der Waals surface area (Å²) in [5, 5.41) is 9.24. The fraction of sp³-hybridized carbons (Fsp3) is 0.357. The van der Waals surface area contributed by atoms with E-state index in [9.17, 15) is 22.0 Å².